The highest BCUT2D eigenvalue weighted by molar-refractivity contribution is 7.85. The molecule has 1 aromatic carbocycles. The molecule has 0 unspecified atom stereocenters. The molecule has 0 saturated carbocycles. The standard InChI is InChI=1S/C14H22O6S/c1-17-13-7-6-12(10-14(13)18-2)11-19-8-4-5-9-20-21(3,15)16/h6-7,10H,4-5,8-9,11H2,1-3H3. The summed E-state index contributed by atoms with van der Waals surface area (Å²) in [5.74, 6) is 1.35. The van der Waals surface area contributed by atoms with Crippen molar-refractivity contribution in [1.82, 2.24) is 0 Å². The van der Waals surface area contributed by atoms with Crippen LogP contribution < -0.4 is 9.47 Å². The lowest BCUT2D eigenvalue weighted by molar-refractivity contribution is 0.114. The number of ether oxygens (including phenoxy) is 3. The highest BCUT2D eigenvalue weighted by atomic mass is 32.2. The molecule has 0 aliphatic carbocycles. The summed E-state index contributed by atoms with van der Waals surface area (Å²) in [5, 5.41) is 0. The van der Waals surface area contributed by atoms with Crippen LogP contribution in [0.3, 0.4) is 0 Å². The van der Waals surface area contributed by atoms with E-state index in [0.29, 0.717) is 31.1 Å². The average molecular weight is 318 g/mol. The monoisotopic (exact) mass is 318 g/mol. The second kappa shape index (κ2) is 8.86. The van der Waals surface area contributed by atoms with Crippen LogP contribution in [0.1, 0.15) is 18.4 Å². The Hall–Kier alpha value is -1.31. The molecule has 7 heteroatoms. The first-order valence-corrected chi connectivity index (χ1v) is 8.41. The number of benzene rings is 1. The summed E-state index contributed by atoms with van der Waals surface area (Å²) >= 11 is 0. The van der Waals surface area contributed by atoms with Gasteiger partial charge in [-0.3, -0.25) is 4.18 Å². The molecule has 0 fully saturated rings. The van der Waals surface area contributed by atoms with Crippen LogP contribution in [0.4, 0.5) is 0 Å². The van der Waals surface area contributed by atoms with Gasteiger partial charge in [-0.1, -0.05) is 6.07 Å². The minimum Gasteiger partial charge on any atom is -0.493 e. The van der Waals surface area contributed by atoms with E-state index in [1.807, 2.05) is 18.2 Å². The minimum atomic E-state index is -3.34. The van der Waals surface area contributed by atoms with Gasteiger partial charge in [0.25, 0.3) is 10.1 Å². The van der Waals surface area contributed by atoms with Gasteiger partial charge in [-0.05, 0) is 30.5 Å². The van der Waals surface area contributed by atoms with Crippen LogP contribution in [-0.4, -0.2) is 42.1 Å². The molecule has 0 heterocycles. The van der Waals surface area contributed by atoms with Crippen molar-refractivity contribution in [1.29, 1.82) is 0 Å². The number of methoxy groups -OCH3 is 2. The van der Waals surface area contributed by atoms with Crippen molar-refractivity contribution in [3.05, 3.63) is 23.8 Å². The fourth-order valence-electron chi connectivity index (χ4n) is 1.68. The fourth-order valence-corrected chi connectivity index (χ4v) is 2.10. The summed E-state index contributed by atoms with van der Waals surface area (Å²) in [7, 11) is -0.163. The van der Waals surface area contributed by atoms with E-state index in [4.69, 9.17) is 14.2 Å². The predicted molar refractivity (Wildman–Crippen MR) is 79.2 cm³/mol. The van der Waals surface area contributed by atoms with Gasteiger partial charge in [0.1, 0.15) is 0 Å². The van der Waals surface area contributed by atoms with Gasteiger partial charge in [0, 0.05) is 6.61 Å². The summed E-state index contributed by atoms with van der Waals surface area (Å²) in [6.45, 7) is 1.20. The molecule has 0 amide bonds. The van der Waals surface area contributed by atoms with Gasteiger partial charge < -0.3 is 14.2 Å². The Labute approximate surface area is 126 Å². The summed E-state index contributed by atoms with van der Waals surface area (Å²) in [6.07, 6.45) is 2.42. The number of hydrogen-bond acceptors (Lipinski definition) is 6. The molecule has 0 spiro atoms. The molecule has 0 aliphatic rings. The fraction of sp³-hybridized carbons (Fsp3) is 0.571. The molecule has 1 aromatic rings. The van der Waals surface area contributed by atoms with Crippen molar-refractivity contribution in [2.24, 2.45) is 0 Å². The Morgan fingerprint density at radius 3 is 2.29 bits per heavy atom. The molecule has 0 atom stereocenters. The zero-order valence-corrected chi connectivity index (χ0v) is 13.4. The average Bonchev–Trinajstić information content (AvgIpc) is 2.44. The van der Waals surface area contributed by atoms with Gasteiger partial charge in [-0.2, -0.15) is 8.42 Å². The van der Waals surface area contributed by atoms with Crippen molar-refractivity contribution < 1.29 is 26.8 Å². The molecular formula is C14H22O6S. The quantitative estimate of drug-likeness (QED) is 0.485. The third-order valence-corrected chi connectivity index (χ3v) is 3.29. The van der Waals surface area contributed by atoms with Crippen LogP contribution in [0, 0.1) is 0 Å². The largest absolute Gasteiger partial charge is 0.493 e. The maximum Gasteiger partial charge on any atom is 0.264 e. The van der Waals surface area contributed by atoms with Gasteiger partial charge in [0.05, 0.1) is 33.7 Å². The van der Waals surface area contributed by atoms with Crippen molar-refractivity contribution >= 4 is 10.1 Å². The maximum absolute atomic E-state index is 10.7. The van der Waals surface area contributed by atoms with Crippen molar-refractivity contribution in [2.45, 2.75) is 19.4 Å². The van der Waals surface area contributed by atoms with E-state index in [-0.39, 0.29) is 6.61 Å². The summed E-state index contributed by atoms with van der Waals surface area (Å²) in [6, 6.07) is 5.61. The molecule has 0 aromatic heterocycles. The third kappa shape index (κ3) is 7.31. The second-order valence-electron chi connectivity index (χ2n) is 4.48. The summed E-state index contributed by atoms with van der Waals surface area (Å²) < 4.78 is 42.0. The molecule has 120 valence electrons. The van der Waals surface area contributed by atoms with Gasteiger partial charge in [0.15, 0.2) is 11.5 Å². The zero-order chi connectivity index (χ0) is 15.7. The topological polar surface area (TPSA) is 71.1 Å². The van der Waals surface area contributed by atoms with E-state index in [0.717, 1.165) is 18.2 Å². The molecule has 0 N–H and O–H groups in total. The highest BCUT2D eigenvalue weighted by Gasteiger charge is 2.04. The molecule has 0 aliphatic heterocycles. The van der Waals surface area contributed by atoms with Gasteiger partial charge in [0.2, 0.25) is 0 Å². The van der Waals surface area contributed by atoms with Crippen LogP contribution in [0.25, 0.3) is 0 Å². The Morgan fingerprint density at radius 1 is 1.00 bits per heavy atom. The first-order valence-electron chi connectivity index (χ1n) is 6.59. The number of hydrogen-bond donors (Lipinski definition) is 0. The lowest BCUT2D eigenvalue weighted by atomic mass is 10.2. The van der Waals surface area contributed by atoms with E-state index in [9.17, 15) is 8.42 Å². The van der Waals surface area contributed by atoms with Gasteiger partial charge in [-0.15, -0.1) is 0 Å². The number of rotatable bonds is 10. The zero-order valence-electron chi connectivity index (χ0n) is 12.6. The third-order valence-electron chi connectivity index (χ3n) is 2.70. The van der Waals surface area contributed by atoms with Crippen LogP contribution >= 0.6 is 0 Å². The van der Waals surface area contributed by atoms with Gasteiger partial charge in [-0.25, -0.2) is 0 Å². The van der Waals surface area contributed by atoms with Crippen molar-refractivity contribution in [3.63, 3.8) is 0 Å². The molecule has 21 heavy (non-hydrogen) atoms. The minimum absolute atomic E-state index is 0.193. The Morgan fingerprint density at radius 2 is 1.67 bits per heavy atom. The Bertz CT molecular complexity index is 526. The molecule has 0 bridgehead atoms. The summed E-state index contributed by atoms with van der Waals surface area (Å²) in [4.78, 5) is 0. The second-order valence-corrected chi connectivity index (χ2v) is 6.12. The highest BCUT2D eigenvalue weighted by Crippen LogP contribution is 2.27. The maximum atomic E-state index is 10.7. The normalized spacial score (nSPS) is 11.4. The molecule has 6 nitrogen and oxygen atoms in total. The van der Waals surface area contributed by atoms with Crippen molar-refractivity contribution in [2.75, 3.05) is 33.7 Å². The lowest BCUT2D eigenvalue weighted by Gasteiger charge is -2.10. The van der Waals surface area contributed by atoms with Crippen LogP contribution in [0.2, 0.25) is 0 Å². The predicted octanol–water partition coefficient (Wildman–Crippen LogP) is 1.98. The van der Waals surface area contributed by atoms with E-state index >= 15 is 0 Å². The van der Waals surface area contributed by atoms with E-state index in [1.54, 1.807) is 14.2 Å². The van der Waals surface area contributed by atoms with Gasteiger partial charge >= 0.3 is 0 Å². The van der Waals surface area contributed by atoms with E-state index in [1.165, 1.54) is 0 Å². The van der Waals surface area contributed by atoms with E-state index in [2.05, 4.69) is 4.18 Å². The lowest BCUT2D eigenvalue weighted by Crippen LogP contribution is -2.05. The molecule has 1 rings (SSSR count). The SMILES string of the molecule is COc1ccc(COCCCCOS(C)(=O)=O)cc1OC. The Balaban J connectivity index is 2.24. The Kier molecular flexibility index (Phi) is 7.49. The summed E-state index contributed by atoms with van der Waals surface area (Å²) in [5.41, 5.74) is 0.986. The van der Waals surface area contributed by atoms with Crippen LogP contribution in [-0.2, 0) is 25.6 Å². The van der Waals surface area contributed by atoms with Crippen LogP contribution in [0.15, 0.2) is 18.2 Å². The molecule has 0 radical (unpaired) electrons. The molecule has 0 saturated heterocycles. The first-order chi connectivity index (χ1) is 9.96. The molecular weight excluding hydrogens is 296 g/mol. The number of unbranched alkanes of at least 4 members (excludes halogenated alkanes) is 1. The smallest absolute Gasteiger partial charge is 0.264 e. The van der Waals surface area contributed by atoms with E-state index < -0.39 is 10.1 Å². The van der Waals surface area contributed by atoms with Crippen LogP contribution in [0.5, 0.6) is 11.5 Å². The first kappa shape index (κ1) is 17.7. The van der Waals surface area contributed by atoms with Crippen molar-refractivity contribution in [3.8, 4) is 11.5 Å².